The first-order valence-electron chi connectivity index (χ1n) is 5.72. The second-order valence-electron chi connectivity index (χ2n) is 4.42. The van der Waals surface area contributed by atoms with Gasteiger partial charge in [0.05, 0.1) is 17.1 Å². The molecule has 2 fully saturated rings. The van der Waals surface area contributed by atoms with Gasteiger partial charge >= 0.3 is 0 Å². The predicted octanol–water partition coefficient (Wildman–Crippen LogP) is 0.332. The molecule has 2 aliphatic rings. The minimum Gasteiger partial charge on any atom is -0.377 e. The summed E-state index contributed by atoms with van der Waals surface area (Å²) in [6.07, 6.45) is 4.18. The average molecular weight is 233 g/mol. The van der Waals surface area contributed by atoms with Crippen molar-refractivity contribution in [1.82, 2.24) is 5.32 Å². The predicted molar refractivity (Wildman–Crippen MR) is 58.7 cm³/mol. The van der Waals surface area contributed by atoms with E-state index in [4.69, 9.17) is 4.74 Å². The first kappa shape index (κ1) is 11.4. The average Bonchev–Trinajstić information content (AvgIpc) is 2.77. The molecule has 2 heterocycles. The van der Waals surface area contributed by atoms with Crippen molar-refractivity contribution in [1.29, 1.82) is 0 Å². The van der Waals surface area contributed by atoms with Crippen LogP contribution in [-0.4, -0.2) is 45.2 Å². The zero-order valence-electron chi connectivity index (χ0n) is 8.94. The molecule has 2 unspecified atom stereocenters. The molecule has 2 atom stereocenters. The van der Waals surface area contributed by atoms with E-state index < -0.39 is 9.84 Å². The topological polar surface area (TPSA) is 55.4 Å². The molecule has 0 saturated carbocycles. The van der Waals surface area contributed by atoms with Crippen LogP contribution < -0.4 is 5.32 Å². The lowest BCUT2D eigenvalue weighted by Crippen LogP contribution is -2.35. The van der Waals surface area contributed by atoms with E-state index in [1.54, 1.807) is 0 Å². The van der Waals surface area contributed by atoms with Gasteiger partial charge in [-0.25, -0.2) is 8.42 Å². The fourth-order valence-electron chi connectivity index (χ4n) is 2.30. The summed E-state index contributed by atoms with van der Waals surface area (Å²) in [7, 11) is -2.79. The Morgan fingerprint density at radius 3 is 2.67 bits per heavy atom. The molecule has 0 bridgehead atoms. The first-order valence-corrected chi connectivity index (χ1v) is 7.44. The van der Waals surface area contributed by atoms with Crippen molar-refractivity contribution in [2.45, 2.75) is 37.0 Å². The first-order chi connectivity index (χ1) is 7.18. The highest BCUT2D eigenvalue weighted by atomic mass is 32.2. The zero-order chi connectivity index (χ0) is 10.7. The van der Waals surface area contributed by atoms with Crippen LogP contribution in [0.3, 0.4) is 0 Å². The molecule has 0 aromatic heterocycles. The summed E-state index contributed by atoms with van der Waals surface area (Å²) in [5.74, 6) is 0.374. The van der Waals surface area contributed by atoms with Crippen LogP contribution in [0.1, 0.15) is 25.7 Å². The Labute approximate surface area is 91.3 Å². The molecule has 1 N–H and O–H groups in total. The molecule has 0 spiro atoms. The molecule has 0 aliphatic carbocycles. The summed E-state index contributed by atoms with van der Waals surface area (Å²) < 4.78 is 28.5. The van der Waals surface area contributed by atoms with E-state index in [1.165, 1.54) is 0 Å². The monoisotopic (exact) mass is 233 g/mol. The molecule has 0 amide bonds. The lowest BCUT2D eigenvalue weighted by atomic mass is 10.2. The largest absolute Gasteiger partial charge is 0.377 e. The number of nitrogens with one attached hydrogen (secondary N) is 1. The number of hydrogen-bond donors (Lipinski definition) is 1. The minimum atomic E-state index is -2.79. The van der Waals surface area contributed by atoms with Gasteiger partial charge in [0.1, 0.15) is 0 Å². The van der Waals surface area contributed by atoms with Gasteiger partial charge in [-0.15, -0.1) is 0 Å². The maximum Gasteiger partial charge on any atom is 0.154 e. The fraction of sp³-hybridized carbons (Fsp3) is 1.00. The third-order valence-electron chi connectivity index (χ3n) is 3.23. The molecule has 0 aromatic carbocycles. The van der Waals surface area contributed by atoms with Gasteiger partial charge < -0.3 is 10.1 Å². The van der Waals surface area contributed by atoms with Crippen LogP contribution >= 0.6 is 0 Å². The minimum absolute atomic E-state index is 0.154. The van der Waals surface area contributed by atoms with Crippen LogP contribution in [0.5, 0.6) is 0 Å². The number of hydrogen-bond acceptors (Lipinski definition) is 4. The Balaban J connectivity index is 1.69. The maximum atomic E-state index is 11.5. The van der Waals surface area contributed by atoms with Crippen molar-refractivity contribution < 1.29 is 13.2 Å². The third kappa shape index (κ3) is 2.92. The Morgan fingerprint density at radius 2 is 2.07 bits per heavy atom. The normalized spacial score (nSPS) is 34.7. The summed E-state index contributed by atoms with van der Waals surface area (Å²) in [6.45, 7) is 2.25. The van der Waals surface area contributed by atoms with E-state index >= 15 is 0 Å². The van der Waals surface area contributed by atoms with Crippen LogP contribution in [0.2, 0.25) is 0 Å². The summed E-state index contributed by atoms with van der Waals surface area (Å²) >= 11 is 0. The SMILES string of the molecule is O=S1(=O)CCCC1CNCC1CCCO1. The summed E-state index contributed by atoms with van der Waals surface area (Å²) in [5, 5.41) is 3.07. The van der Waals surface area contributed by atoms with Gasteiger partial charge in [0, 0.05) is 19.7 Å². The fourth-order valence-corrected chi connectivity index (χ4v) is 4.10. The number of rotatable bonds is 4. The highest BCUT2D eigenvalue weighted by molar-refractivity contribution is 7.92. The summed E-state index contributed by atoms with van der Waals surface area (Å²) in [6, 6.07) is 0. The van der Waals surface area contributed by atoms with Gasteiger partial charge in [-0.3, -0.25) is 0 Å². The van der Waals surface area contributed by atoms with E-state index in [1.807, 2.05) is 0 Å². The van der Waals surface area contributed by atoms with Gasteiger partial charge in [0.2, 0.25) is 0 Å². The van der Waals surface area contributed by atoms with E-state index in [0.717, 1.165) is 38.8 Å². The maximum absolute atomic E-state index is 11.5. The summed E-state index contributed by atoms with van der Waals surface area (Å²) in [5.41, 5.74) is 0. The van der Waals surface area contributed by atoms with Crippen molar-refractivity contribution in [3.8, 4) is 0 Å². The summed E-state index contributed by atoms with van der Waals surface area (Å²) in [4.78, 5) is 0. The van der Waals surface area contributed by atoms with Gasteiger partial charge in [-0.1, -0.05) is 0 Å². The Hall–Kier alpha value is -0.130. The van der Waals surface area contributed by atoms with Crippen molar-refractivity contribution in [2.24, 2.45) is 0 Å². The van der Waals surface area contributed by atoms with Gasteiger partial charge in [-0.05, 0) is 25.7 Å². The smallest absolute Gasteiger partial charge is 0.154 e. The molecule has 2 aliphatic heterocycles. The highest BCUT2D eigenvalue weighted by Gasteiger charge is 2.30. The molecule has 0 radical (unpaired) electrons. The highest BCUT2D eigenvalue weighted by Crippen LogP contribution is 2.19. The molecular weight excluding hydrogens is 214 g/mol. The van der Waals surface area contributed by atoms with E-state index in [-0.39, 0.29) is 5.25 Å². The Bertz CT molecular complexity index is 296. The van der Waals surface area contributed by atoms with Crippen LogP contribution in [0.25, 0.3) is 0 Å². The van der Waals surface area contributed by atoms with Gasteiger partial charge in [-0.2, -0.15) is 0 Å². The molecule has 0 aromatic rings. The van der Waals surface area contributed by atoms with E-state index in [9.17, 15) is 8.42 Å². The van der Waals surface area contributed by atoms with Crippen LogP contribution in [0.4, 0.5) is 0 Å². The molecular formula is C10H19NO3S. The van der Waals surface area contributed by atoms with Crippen molar-refractivity contribution >= 4 is 9.84 Å². The third-order valence-corrected chi connectivity index (χ3v) is 5.51. The van der Waals surface area contributed by atoms with Gasteiger partial charge in [0.25, 0.3) is 0 Å². The molecule has 2 rings (SSSR count). The zero-order valence-corrected chi connectivity index (χ0v) is 9.76. The Kier molecular flexibility index (Phi) is 3.64. The lowest BCUT2D eigenvalue weighted by molar-refractivity contribution is 0.110. The number of ether oxygens (including phenoxy) is 1. The van der Waals surface area contributed by atoms with Crippen molar-refractivity contribution in [3.63, 3.8) is 0 Å². The van der Waals surface area contributed by atoms with Crippen molar-refractivity contribution in [3.05, 3.63) is 0 Å². The second-order valence-corrected chi connectivity index (χ2v) is 6.83. The number of sulfone groups is 1. The van der Waals surface area contributed by atoms with E-state index in [2.05, 4.69) is 5.32 Å². The van der Waals surface area contributed by atoms with Crippen LogP contribution in [-0.2, 0) is 14.6 Å². The molecule has 5 heteroatoms. The van der Waals surface area contributed by atoms with E-state index in [0.29, 0.717) is 18.4 Å². The quantitative estimate of drug-likeness (QED) is 0.760. The molecule has 15 heavy (non-hydrogen) atoms. The van der Waals surface area contributed by atoms with Crippen LogP contribution in [0.15, 0.2) is 0 Å². The van der Waals surface area contributed by atoms with Crippen molar-refractivity contribution in [2.75, 3.05) is 25.4 Å². The standard InChI is InChI=1S/C10H19NO3S/c12-15(13)6-2-4-10(15)8-11-7-9-3-1-5-14-9/h9-11H,1-8H2. The second kappa shape index (κ2) is 4.80. The lowest BCUT2D eigenvalue weighted by Gasteiger charge is -2.13. The van der Waals surface area contributed by atoms with Crippen LogP contribution in [0, 0.1) is 0 Å². The van der Waals surface area contributed by atoms with Gasteiger partial charge in [0.15, 0.2) is 9.84 Å². The molecule has 4 nitrogen and oxygen atoms in total. The Morgan fingerprint density at radius 1 is 1.20 bits per heavy atom. The molecule has 88 valence electrons. The molecule has 2 saturated heterocycles.